The van der Waals surface area contributed by atoms with Crippen LogP contribution in [0, 0.1) is 0 Å². The molecule has 0 amide bonds. The third kappa shape index (κ3) is 3.30. The summed E-state index contributed by atoms with van der Waals surface area (Å²) >= 11 is 0. The predicted octanol–water partition coefficient (Wildman–Crippen LogP) is 1.29. The minimum atomic E-state index is -0.944. The van der Waals surface area contributed by atoms with Crippen LogP contribution in [-0.2, 0) is 17.8 Å². The lowest BCUT2D eigenvalue weighted by atomic mass is 10.0. The topological polar surface area (TPSA) is 67.2 Å². The molecule has 0 saturated carbocycles. The summed E-state index contributed by atoms with van der Waals surface area (Å²) in [4.78, 5) is 15.6. The number of rotatable bonds is 7. The first-order valence-electron chi connectivity index (χ1n) is 6.02. The lowest BCUT2D eigenvalue weighted by molar-refractivity contribution is -0.144. The molecular formula is C12H21N3O2. The number of hydrogen-bond acceptors (Lipinski definition) is 3. The first-order valence-corrected chi connectivity index (χ1v) is 6.02. The third-order valence-electron chi connectivity index (χ3n) is 2.84. The summed E-state index contributed by atoms with van der Waals surface area (Å²) in [5, 5.41) is 12.4. The Hall–Kier alpha value is -1.36. The van der Waals surface area contributed by atoms with E-state index in [0.717, 1.165) is 18.7 Å². The van der Waals surface area contributed by atoms with E-state index in [-0.39, 0.29) is 0 Å². The van der Waals surface area contributed by atoms with Crippen molar-refractivity contribution >= 4 is 5.97 Å². The Morgan fingerprint density at radius 3 is 2.82 bits per heavy atom. The van der Waals surface area contributed by atoms with Crippen molar-refractivity contribution in [2.24, 2.45) is 0 Å². The van der Waals surface area contributed by atoms with Crippen LogP contribution < -0.4 is 5.32 Å². The number of nitrogens with zero attached hydrogens (tertiary/aromatic N) is 2. The maximum absolute atomic E-state index is 11.4. The smallest absolute Gasteiger partial charge is 0.325 e. The average Bonchev–Trinajstić information content (AvgIpc) is 2.73. The van der Waals surface area contributed by atoms with Crippen molar-refractivity contribution in [1.82, 2.24) is 14.9 Å². The fraction of sp³-hybridized carbons (Fsp3) is 0.667. The summed E-state index contributed by atoms with van der Waals surface area (Å²) in [6.45, 7) is 6.83. The number of aliphatic carboxylic acids is 1. The lowest BCUT2D eigenvalue weighted by Crippen LogP contribution is -2.53. The number of hydrogen-bond donors (Lipinski definition) is 2. The van der Waals surface area contributed by atoms with Crippen LogP contribution in [0.15, 0.2) is 12.4 Å². The number of imidazole rings is 1. The zero-order valence-corrected chi connectivity index (χ0v) is 10.7. The highest BCUT2D eigenvalue weighted by Gasteiger charge is 2.33. The average molecular weight is 239 g/mol. The van der Waals surface area contributed by atoms with Crippen LogP contribution in [0.3, 0.4) is 0 Å². The van der Waals surface area contributed by atoms with E-state index in [9.17, 15) is 9.90 Å². The molecule has 1 heterocycles. The van der Waals surface area contributed by atoms with Crippen molar-refractivity contribution in [2.75, 3.05) is 6.54 Å². The molecule has 5 heteroatoms. The summed E-state index contributed by atoms with van der Waals surface area (Å²) in [6.07, 6.45) is 5.25. The Bertz CT molecular complexity index is 376. The molecule has 0 fully saturated rings. The molecular weight excluding hydrogens is 218 g/mol. The van der Waals surface area contributed by atoms with E-state index in [1.54, 1.807) is 13.1 Å². The van der Waals surface area contributed by atoms with Crippen LogP contribution in [0.4, 0.5) is 0 Å². The van der Waals surface area contributed by atoms with Crippen molar-refractivity contribution in [1.29, 1.82) is 0 Å². The van der Waals surface area contributed by atoms with Gasteiger partial charge in [0.05, 0.1) is 6.54 Å². The fourth-order valence-corrected chi connectivity index (χ4v) is 1.74. The summed E-state index contributed by atoms with van der Waals surface area (Å²) in [5.74, 6) is 0.0810. The second-order valence-electron chi connectivity index (χ2n) is 4.39. The van der Waals surface area contributed by atoms with Crippen molar-refractivity contribution < 1.29 is 9.90 Å². The van der Waals surface area contributed by atoms with E-state index in [4.69, 9.17) is 0 Å². The van der Waals surface area contributed by atoms with Gasteiger partial charge in [-0.05, 0) is 19.9 Å². The Labute approximate surface area is 102 Å². The lowest BCUT2D eigenvalue weighted by Gasteiger charge is -2.27. The molecule has 0 spiro atoms. The molecule has 0 aromatic carbocycles. The maximum atomic E-state index is 11.4. The standard InChI is InChI=1S/C12H21N3O2/c1-4-6-14-12(3,11(16)17)9-15-8-7-13-10(15)5-2/h7-8,14H,4-6,9H2,1-3H3,(H,16,17). The summed E-state index contributed by atoms with van der Waals surface area (Å²) in [5.41, 5.74) is -0.944. The largest absolute Gasteiger partial charge is 0.480 e. The van der Waals surface area contributed by atoms with Gasteiger partial charge in [-0.2, -0.15) is 0 Å². The van der Waals surface area contributed by atoms with E-state index >= 15 is 0 Å². The highest BCUT2D eigenvalue weighted by Crippen LogP contribution is 2.11. The van der Waals surface area contributed by atoms with Crippen molar-refractivity contribution in [3.05, 3.63) is 18.2 Å². The molecule has 2 N–H and O–H groups in total. The first-order chi connectivity index (χ1) is 8.03. The molecule has 0 aliphatic heterocycles. The van der Waals surface area contributed by atoms with Gasteiger partial charge in [0.15, 0.2) is 0 Å². The van der Waals surface area contributed by atoms with Gasteiger partial charge < -0.3 is 15.0 Å². The molecule has 5 nitrogen and oxygen atoms in total. The molecule has 1 unspecified atom stereocenters. The number of carbonyl (C=O) groups is 1. The summed E-state index contributed by atoms with van der Waals surface area (Å²) in [7, 11) is 0. The van der Waals surface area contributed by atoms with Crippen LogP contribution >= 0.6 is 0 Å². The summed E-state index contributed by atoms with van der Waals surface area (Å²) < 4.78 is 1.90. The van der Waals surface area contributed by atoms with Crippen LogP contribution in [0.5, 0.6) is 0 Å². The second kappa shape index (κ2) is 5.82. The SMILES string of the molecule is CCCNC(C)(Cn1ccnc1CC)C(=O)O. The van der Waals surface area contributed by atoms with Crippen LogP contribution in [0.2, 0.25) is 0 Å². The predicted molar refractivity (Wildman–Crippen MR) is 65.9 cm³/mol. The Kier molecular flexibility index (Phi) is 4.69. The maximum Gasteiger partial charge on any atom is 0.325 e. The Morgan fingerprint density at radius 1 is 1.59 bits per heavy atom. The molecule has 0 aliphatic rings. The Balaban J connectivity index is 2.83. The zero-order chi connectivity index (χ0) is 12.9. The van der Waals surface area contributed by atoms with Crippen LogP contribution in [0.25, 0.3) is 0 Å². The molecule has 1 aromatic heterocycles. The van der Waals surface area contributed by atoms with Crippen molar-refractivity contribution in [3.8, 4) is 0 Å². The van der Waals surface area contributed by atoms with Gasteiger partial charge in [-0.1, -0.05) is 13.8 Å². The number of aryl methyl sites for hydroxylation is 1. The van der Waals surface area contributed by atoms with E-state index in [1.807, 2.05) is 24.6 Å². The minimum Gasteiger partial charge on any atom is -0.480 e. The molecule has 96 valence electrons. The first kappa shape index (κ1) is 13.7. The molecule has 1 atom stereocenters. The van der Waals surface area contributed by atoms with Gasteiger partial charge in [-0.15, -0.1) is 0 Å². The molecule has 0 bridgehead atoms. The molecule has 1 rings (SSSR count). The molecule has 1 aromatic rings. The van der Waals surface area contributed by atoms with Gasteiger partial charge in [-0.25, -0.2) is 4.98 Å². The normalized spacial score (nSPS) is 14.5. The van der Waals surface area contributed by atoms with Gasteiger partial charge in [0.1, 0.15) is 11.4 Å². The number of carboxylic acids is 1. The molecule has 0 saturated heterocycles. The van der Waals surface area contributed by atoms with Gasteiger partial charge in [0.2, 0.25) is 0 Å². The molecule has 0 aliphatic carbocycles. The number of carboxylic acid groups (broad SMARTS) is 1. The fourth-order valence-electron chi connectivity index (χ4n) is 1.74. The van der Waals surface area contributed by atoms with Gasteiger partial charge in [-0.3, -0.25) is 4.79 Å². The highest BCUT2D eigenvalue weighted by molar-refractivity contribution is 5.78. The van der Waals surface area contributed by atoms with E-state index < -0.39 is 11.5 Å². The monoisotopic (exact) mass is 239 g/mol. The van der Waals surface area contributed by atoms with Gasteiger partial charge in [0.25, 0.3) is 0 Å². The van der Waals surface area contributed by atoms with E-state index in [2.05, 4.69) is 10.3 Å². The van der Waals surface area contributed by atoms with Crippen LogP contribution in [-0.4, -0.2) is 32.7 Å². The highest BCUT2D eigenvalue weighted by atomic mass is 16.4. The van der Waals surface area contributed by atoms with E-state index in [1.165, 1.54) is 0 Å². The van der Waals surface area contributed by atoms with Crippen molar-refractivity contribution in [3.63, 3.8) is 0 Å². The van der Waals surface area contributed by atoms with Crippen molar-refractivity contribution in [2.45, 2.75) is 45.7 Å². The minimum absolute atomic E-state index is 0.394. The number of aromatic nitrogens is 2. The quantitative estimate of drug-likeness (QED) is 0.752. The zero-order valence-electron chi connectivity index (χ0n) is 10.7. The Morgan fingerprint density at radius 2 is 2.29 bits per heavy atom. The van der Waals surface area contributed by atoms with E-state index in [0.29, 0.717) is 13.1 Å². The third-order valence-corrected chi connectivity index (χ3v) is 2.84. The number of nitrogens with one attached hydrogen (secondary N) is 1. The summed E-state index contributed by atoms with van der Waals surface area (Å²) in [6, 6.07) is 0. The van der Waals surface area contributed by atoms with Gasteiger partial charge in [0, 0.05) is 18.8 Å². The second-order valence-corrected chi connectivity index (χ2v) is 4.39. The van der Waals surface area contributed by atoms with Crippen LogP contribution in [0.1, 0.15) is 33.0 Å². The van der Waals surface area contributed by atoms with Gasteiger partial charge >= 0.3 is 5.97 Å². The molecule has 0 radical (unpaired) electrons. The molecule has 17 heavy (non-hydrogen) atoms.